The molecule has 1 aromatic carbocycles. The van der Waals surface area contributed by atoms with Crippen LogP contribution in [0.4, 0.5) is 0 Å². The summed E-state index contributed by atoms with van der Waals surface area (Å²) in [7, 11) is 0. The Kier molecular flexibility index (Phi) is 5.34. The number of morpholine rings is 1. The van der Waals surface area contributed by atoms with Gasteiger partial charge in [-0.1, -0.05) is 35.5 Å². The Bertz CT molecular complexity index is 439. The smallest absolute Gasteiger partial charge is 0.147 e. The normalized spacial score (nSPS) is 22.6. The van der Waals surface area contributed by atoms with Crippen LogP contribution in [0.1, 0.15) is 11.5 Å². The maximum atomic E-state index is 9.41. The minimum atomic E-state index is -0.201. The largest absolute Gasteiger partial charge is 0.409 e. The number of aliphatic hydroxyl groups excluding tert-OH is 1. The highest BCUT2D eigenvalue weighted by Gasteiger charge is 2.27. The van der Waals surface area contributed by atoms with Gasteiger partial charge < -0.3 is 20.8 Å². The highest BCUT2D eigenvalue weighted by molar-refractivity contribution is 5.87. The van der Waals surface area contributed by atoms with Gasteiger partial charge in [0, 0.05) is 13.1 Å². The molecular formula is C14H21N3O3. The van der Waals surface area contributed by atoms with Crippen molar-refractivity contribution >= 4 is 5.84 Å². The van der Waals surface area contributed by atoms with Crippen molar-refractivity contribution in [2.24, 2.45) is 10.9 Å². The predicted octanol–water partition coefficient (Wildman–Crippen LogP) is 0.210. The van der Waals surface area contributed by atoms with E-state index in [0.29, 0.717) is 19.8 Å². The van der Waals surface area contributed by atoms with Crippen LogP contribution in [0.2, 0.25) is 0 Å². The molecule has 6 nitrogen and oxygen atoms in total. The van der Waals surface area contributed by atoms with Gasteiger partial charge in [-0.25, -0.2) is 0 Å². The fraction of sp³-hybridized carbons (Fsp3) is 0.500. The standard InChI is InChI=1S/C14H21N3O3/c15-14(16-19)13(11-4-2-1-3-5-11)8-17-6-7-20-10-12(17)9-18/h1-5,12-13,18-19H,6-10H2,(H2,15,16). The molecule has 0 amide bonds. The van der Waals surface area contributed by atoms with Crippen LogP contribution in [0.25, 0.3) is 0 Å². The molecule has 4 N–H and O–H groups in total. The van der Waals surface area contributed by atoms with Gasteiger partial charge in [0.05, 0.1) is 31.8 Å². The maximum absolute atomic E-state index is 9.41. The molecule has 0 aliphatic carbocycles. The third kappa shape index (κ3) is 3.47. The van der Waals surface area contributed by atoms with E-state index in [2.05, 4.69) is 10.1 Å². The zero-order valence-corrected chi connectivity index (χ0v) is 11.4. The molecule has 1 saturated heterocycles. The summed E-state index contributed by atoms with van der Waals surface area (Å²) in [4.78, 5) is 2.12. The first-order chi connectivity index (χ1) is 9.76. The van der Waals surface area contributed by atoms with E-state index in [-0.39, 0.29) is 24.4 Å². The first-order valence-electron chi connectivity index (χ1n) is 6.71. The van der Waals surface area contributed by atoms with E-state index in [1.165, 1.54) is 0 Å². The molecule has 2 atom stereocenters. The Balaban J connectivity index is 2.16. The van der Waals surface area contributed by atoms with Crippen LogP contribution in [-0.4, -0.2) is 60.0 Å². The van der Waals surface area contributed by atoms with Gasteiger partial charge >= 0.3 is 0 Å². The van der Waals surface area contributed by atoms with Crippen LogP contribution in [0.15, 0.2) is 35.5 Å². The molecule has 6 heteroatoms. The second kappa shape index (κ2) is 7.23. The third-order valence-corrected chi connectivity index (χ3v) is 3.65. The summed E-state index contributed by atoms with van der Waals surface area (Å²) in [5.41, 5.74) is 6.82. The first-order valence-corrected chi connectivity index (χ1v) is 6.71. The number of hydrogen-bond donors (Lipinski definition) is 3. The molecule has 0 saturated carbocycles. The number of benzene rings is 1. The van der Waals surface area contributed by atoms with Crippen LogP contribution in [-0.2, 0) is 4.74 Å². The summed E-state index contributed by atoms with van der Waals surface area (Å²) in [6, 6.07) is 9.65. The summed E-state index contributed by atoms with van der Waals surface area (Å²) in [5.74, 6) is -0.0206. The van der Waals surface area contributed by atoms with Crippen LogP contribution < -0.4 is 5.73 Å². The Morgan fingerprint density at radius 3 is 2.85 bits per heavy atom. The number of nitrogens with zero attached hydrogens (tertiary/aromatic N) is 2. The number of aliphatic hydroxyl groups is 1. The van der Waals surface area contributed by atoms with Crippen molar-refractivity contribution < 1.29 is 15.1 Å². The molecule has 1 heterocycles. The maximum Gasteiger partial charge on any atom is 0.147 e. The van der Waals surface area contributed by atoms with Crippen molar-refractivity contribution in [3.8, 4) is 0 Å². The Morgan fingerprint density at radius 2 is 2.20 bits per heavy atom. The van der Waals surface area contributed by atoms with E-state index >= 15 is 0 Å². The van der Waals surface area contributed by atoms with E-state index in [1.54, 1.807) is 0 Å². The summed E-state index contributed by atoms with van der Waals surface area (Å²) in [5, 5.41) is 21.6. The van der Waals surface area contributed by atoms with Crippen LogP contribution in [0.3, 0.4) is 0 Å². The highest BCUT2D eigenvalue weighted by Crippen LogP contribution is 2.20. The highest BCUT2D eigenvalue weighted by atomic mass is 16.5. The van der Waals surface area contributed by atoms with Crippen molar-refractivity contribution in [3.63, 3.8) is 0 Å². The molecule has 2 rings (SSSR count). The summed E-state index contributed by atoms with van der Waals surface area (Å²) in [6.07, 6.45) is 0. The predicted molar refractivity (Wildman–Crippen MR) is 75.9 cm³/mol. The molecule has 0 aromatic heterocycles. The third-order valence-electron chi connectivity index (χ3n) is 3.65. The molecule has 1 fully saturated rings. The molecule has 1 aliphatic heterocycles. The summed E-state index contributed by atoms with van der Waals surface area (Å²) < 4.78 is 5.36. The number of ether oxygens (including phenoxy) is 1. The van der Waals surface area contributed by atoms with E-state index in [0.717, 1.165) is 12.1 Å². The summed E-state index contributed by atoms with van der Waals surface area (Å²) >= 11 is 0. The fourth-order valence-electron chi connectivity index (χ4n) is 2.46. The second-order valence-corrected chi connectivity index (χ2v) is 4.89. The molecule has 110 valence electrons. The van der Waals surface area contributed by atoms with Gasteiger partial charge in [0.2, 0.25) is 0 Å². The average Bonchev–Trinajstić information content (AvgIpc) is 2.53. The Hall–Kier alpha value is -1.63. The van der Waals surface area contributed by atoms with E-state index < -0.39 is 0 Å². The van der Waals surface area contributed by atoms with E-state index in [4.69, 9.17) is 15.7 Å². The lowest BCUT2D eigenvalue weighted by molar-refractivity contribution is -0.0277. The van der Waals surface area contributed by atoms with Gasteiger partial charge in [0.25, 0.3) is 0 Å². The van der Waals surface area contributed by atoms with Crippen molar-refractivity contribution in [2.75, 3.05) is 32.9 Å². The topological polar surface area (TPSA) is 91.3 Å². The minimum absolute atomic E-state index is 0.0394. The SMILES string of the molecule is N/C(=N/O)C(CN1CCOCC1CO)c1ccccc1. The van der Waals surface area contributed by atoms with Crippen molar-refractivity contribution in [3.05, 3.63) is 35.9 Å². The van der Waals surface area contributed by atoms with Gasteiger partial charge in [0.1, 0.15) is 5.84 Å². The monoisotopic (exact) mass is 279 g/mol. The second-order valence-electron chi connectivity index (χ2n) is 4.89. The van der Waals surface area contributed by atoms with Crippen molar-refractivity contribution in [1.82, 2.24) is 4.90 Å². The van der Waals surface area contributed by atoms with E-state index in [9.17, 15) is 5.11 Å². The Morgan fingerprint density at radius 1 is 1.45 bits per heavy atom. The van der Waals surface area contributed by atoms with Gasteiger partial charge in [-0.05, 0) is 5.56 Å². The lowest BCUT2D eigenvalue weighted by Crippen LogP contribution is -2.50. The van der Waals surface area contributed by atoms with Crippen molar-refractivity contribution in [2.45, 2.75) is 12.0 Å². The van der Waals surface area contributed by atoms with E-state index in [1.807, 2.05) is 30.3 Å². The summed E-state index contributed by atoms with van der Waals surface area (Å²) in [6.45, 7) is 2.50. The molecule has 2 unspecified atom stereocenters. The van der Waals surface area contributed by atoms with Crippen molar-refractivity contribution in [1.29, 1.82) is 0 Å². The fourth-order valence-corrected chi connectivity index (χ4v) is 2.46. The van der Waals surface area contributed by atoms with Crippen LogP contribution in [0, 0.1) is 0 Å². The lowest BCUT2D eigenvalue weighted by Gasteiger charge is -2.36. The van der Waals surface area contributed by atoms with Gasteiger partial charge in [-0.2, -0.15) is 0 Å². The molecule has 0 bridgehead atoms. The van der Waals surface area contributed by atoms with Crippen LogP contribution >= 0.6 is 0 Å². The zero-order chi connectivity index (χ0) is 14.4. The Labute approximate surface area is 118 Å². The number of rotatable bonds is 5. The van der Waals surface area contributed by atoms with Gasteiger partial charge in [-0.15, -0.1) is 0 Å². The van der Waals surface area contributed by atoms with Crippen LogP contribution in [0.5, 0.6) is 0 Å². The zero-order valence-electron chi connectivity index (χ0n) is 11.4. The molecule has 0 radical (unpaired) electrons. The number of oxime groups is 1. The molecule has 0 spiro atoms. The number of amidine groups is 1. The quantitative estimate of drug-likeness (QED) is 0.310. The first kappa shape index (κ1) is 14.8. The number of hydrogen-bond acceptors (Lipinski definition) is 5. The van der Waals surface area contributed by atoms with Gasteiger partial charge in [0.15, 0.2) is 0 Å². The molecular weight excluding hydrogens is 258 g/mol. The lowest BCUT2D eigenvalue weighted by atomic mass is 9.96. The van der Waals surface area contributed by atoms with Gasteiger partial charge in [-0.3, -0.25) is 4.90 Å². The minimum Gasteiger partial charge on any atom is -0.409 e. The molecule has 20 heavy (non-hydrogen) atoms. The molecule has 1 aliphatic rings. The average molecular weight is 279 g/mol. The number of nitrogens with two attached hydrogens (primary N) is 1. The molecule has 1 aromatic rings.